The molecule has 0 fully saturated rings. The minimum Gasteiger partial charge on any atom is -0.457 e. The van der Waals surface area contributed by atoms with Gasteiger partial charge in [-0.2, -0.15) is 0 Å². The van der Waals surface area contributed by atoms with Gasteiger partial charge in [-0.25, -0.2) is 9.18 Å². The average molecular weight is 378 g/mol. The molecule has 1 heterocycles. The summed E-state index contributed by atoms with van der Waals surface area (Å²) in [5, 5.41) is 0.664. The predicted molar refractivity (Wildman–Crippen MR) is 93.7 cm³/mol. The maximum atomic E-state index is 13.5. The van der Waals surface area contributed by atoms with Gasteiger partial charge in [0.05, 0.1) is 0 Å². The minimum absolute atomic E-state index is 0.129. The molecule has 5 nitrogen and oxygen atoms in total. The number of hydrogen-bond donors (Lipinski definition) is 3. The van der Waals surface area contributed by atoms with E-state index in [0.717, 1.165) is 16.7 Å². The summed E-state index contributed by atoms with van der Waals surface area (Å²) >= 11 is 1.98. The molecule has 23 heavy (non-hydrogen) atoms. The molecule has 0 amide bonds. The van der Waals surface area contributed by atoms with Crippen LogP contribution in [0.25, 0.3) is 10.1 Å². The number of rotatable bonds is 5. The fourth-order valence-electron chi connectivity index (χ4n) is 1.65. The summed E-state index contributed by atoms with van der Waals surface area (Å²) in [6, 6.07) is 6.22. The van der Waals surface area contributed by atoms with E-state index in [1.54, 1.807) is 18.4 Å². The first-order chi connectivity index (χ1) is 10.9. The molecule has 2 aromatic rings. The molecule has 0 radical (unpaired) electrons. The van der Waals surface area contributed by atoms with E-state index in [9.17, 15) is 9.18 Å². The number of carbonyl (C=O) groups excluding carboxylic acids is 1. The lowest BCUT2D eigenvalue weighted by molar-refractivity contribution is 0.0555. The van der Waals surface area contributed by atoms with E-state index in [0.29, 0.717) is 10.3 Å². The Morgan fingerprint density at radius 1 is 1.52 bits per heavy atom. The van der Waals surface area contributed by atoms with Crippen LogP contribution >= 0.6 is 31.8 Å². The van der Waals surface area contributed by atoms with Gasteiger partial charge in [0.25, 0.3) is 0 Å². The Labute approximate surface area is 142 Å². The fraction of sp³-hybridized carbons (Fsp3) is 0.214. The molecule has 1 unspecified atom stereocenters. The van der Waals surface area contributed by atoms with Crippen LogP contribution in [0.4, 0.5) is 4.39 Å². The van der Waals surface area contributed by atoms with Crippen molar-refractivity contribution < 1.29 is 28.3 Å². The zero-order chi connectivity index (χ0) is 17.4. The molecule has 1 aromatic heterocycles. The quantitative estimate of drug-likeness (QED) is 0.311. The summed E-state index contributed by atoms with van der Waals surface area (Å²) in [7, 11) is -2.67. The highest BCUT2D eigenvalue weighted by Crippen LogP contribution is 2.45. The molecule has 0 spiro atoms. The lowest BCUT2D eigenvalue weighted by Gasteiger charge is -2.08. The second-order valence-electron chi connectivity index (χ2n) is 4.13. The topological polar surface area (TPSA) is 87.0 Å². The monoisotopic (exact) mass is 378 g/mol. The van der Waals surface area contributed by atoms with Crippen molar-refractivity contribution >= 4 is 47.8 Å². The molecular weight excluding hydrogens is 362 g/mol. The van der Waals surface area contributed by atoms with Crippen molar-refractivity contribution in [2.24, 2.45) is 0 Å². The van der Waals surface area contributed by atoms with Crippen LogP contribution in [-0.2, 0) is 4.74 Å². The number of ether oxygens (including phenoxy) is 1. The standard InChI is InChI=1S/C13H12FO4PS.CH4OS/c1-2-5-18-13(15)11-7-9-6-8(12(14)19(16)17)3-4-10(9)20-11;1-3-2/h2-4,6-7,12,16-17H,1,5H2;2H,1H3. The summed E-state index contributed by atoms with van der Waals surface area (Å²) < 4.78 is 26.8. The summed E-state index contributed by atoms with van der Waals surface area (Å²) in [6.45, 7) is 3.58. The van der Waals surface area contributed by atoms with Gasteiger partial charge in [-0.15, -0.1) is 11.3 Å². The van der Waals surface area contributed by atoms with Gasteiger partial charge in [0.2, 0.25) is 8.38 Å². The molecule has 0 bridgehead atoms. The van der Waals surface area contributed by atoms with Gasteiger partial charge in [0, 0.05) is 11.0 Å². The Bertz CT molecular complexity index is 662. The van der Waals surface area contributed by atoms with E-state index in [4.69, 9.17) is 19.1 Å². The number of fused-ring (bicyclic) bond motifs is 1. The Hall–Kier alpha value is -1.02. The average Bonchev–Trinajstić information content (AvgIpc) is 2.95. The van der Waals surface area contributed by atoms with Crippen LogP contribution in [0, 0.1) is 0 Å². The van der Waals surface area contributed by atoms with Crippen LogP contribution in [0.15, 0.2) is 36.9 Å². The van der Waals surface area contributed by atoms with E-state index in [1.807, 2.05) is 0 Å². The number of alkyl halides is 1. The van der Waals surface area contributed by atoms with Gasteiger partial charge in [0.15, 0.2) is 5.91 Å². The van der Waals surface area contributed by atoms with Crippen molar-refractivity contribution in [3.05, 3.63) is 47.4 Å². The zero-order valence-electron chi connectivity index (χ0n) is 12.2. The third-order valence-corrected chi connectivity index (χ3v) is 4.35. The maximum absolute atomic E-state index is 13.5. The Morgan fingerprint density at radius 3 is 2.74 bits per heavy atom. The van der Waals surface area contributed by atoms with E-state index in [2.05, 4.69) is 6.58 Å². The largest absolute Gasteiger partial charge is 0.457 e. The minimum atomic E-state index is -2.67. The highest BCUT2D eigenvalue weighted by atomic mass is 32.2. The zero-order valence-corrected chi connectivity index (χ0v) is 14.7. The lowest BCUT2D eigenvalue weighted by Crippen LogP contribution is -2.02. The maximum Gasteiger partial charge on any atom is 0.348 e. The van der Waals surface area contributed by atoms with Crippen molar-refractivity contribution in [1.82, 2.24) is 0 Å². The van der Waals surface area contributed by atoms with Gasteiger partial charge in [-0.1, -0.05) is 18.7 Å². The first-order valence-electron chi connectivity index (χ1n) is 6.24. The molecule has 1 atom stereocenters. The summed E-state index contributed by atoms with van der Waals surface area (Å²) in [5.74, 6) is -2.28. The van der Waals surface area contributed by atoms with Gasteiger partial charge in [-0.05, 0) is 41.2 Å². The van der Waals surface area contributed by atoms with Gasteiger partial charge >= 0.3 is 5.97 Å². The SMILES string of the molecule is C=CCOC(=O)c1cc2cc(C(F)P(O)O)ccc2s1.CSO. The van der Waals surface area contributed by atoms with E-state index < -0.39 is 20.3 Å². The lowest BCUT2D eigenvalue weighted by atomic mass is 10.2. The second kappa shape index (κ2) is 9.97. The van der Waals surface area contributed by atoms with Crippen LogP contribution in [0.5, 0.6) is 0 Å². The molecule has 0 aliphatic heterocycles. The Balaban J connectivity index is 0.000000816. The molecular formula is C14H16FO5PS2. The van der Waals surface area contributed by atoms with Gasteiger partial charge < -0.3 is 19.1 Å². The smallest absolute Gasteiger partial charge is 0.348 e. The van der Waals surface area contributed by atoms with Crippen LogP contribution in [0.3, 0.4) is 0 Å². The number of halogens is 1. The summed E-state index contributed by atoms with van der Waals surface area (Å²) in [6.07, 6.45) is 3.07. The molecule has 0 aliphatic carbocycles. The molecule has 0 saturated heterocycles. The highest BCUT2D eigenvalue weighted by molar-refractivity contribution is 7.93. The number of benzene rings is 1. The van der Waals surface area contributed by atoms with E-state index in [1.165, 1.54) is 29.5 Å². The number of hydrogen-bond acceptors (Lipinski definition) is 7. The van der Waals surface area contributed by atoms with Crippen LogP contribution < -0.4 is 0 Å². The molecule has 3 N–H and O–H groups in total. The predicted octanol–water partition coefficient (Wildman–Crippen LogP) is 4.33. The Morgan fingerprint density at radius 2 is 2.17 bits per heavy atom. The van der Waals surface area contributed by atoms with Gasteiger partial charge in [0.1, 0.15) is 11.5 Å². The van der Waals surface area contributed by atoms with E-state index >= 15 is 0 Å². The van der Waals surface area contributed by atoms with Crippen LogP contribution in [0.2, 0.25) is 0 Å². The third-order valence-electron chi connectivity index (χ3n) is 2.55. The Kier molecular flexibility index (Phi) is 8.68. The molecule has 9 heteroatoms. The highest BCUT2D eigenvalue weighted by Gasteiger charge is 2.20. The van der Waals surface area contributed by atoms with Crippen molar-refractivity contribution in [2.75, 3.05) is 12.9 Å². The van der Waals surface area contributed by atoms with Crippen LogP contribution in [-0.4, -0.2) is 33.2 Å². The fourth-order valence-corrected chi connectivity index (χ4v) is 3.01. The molecule has 1 aromatic carbocycles. The van der Waals surface area contributed by atoms with Crippen molar-refractivity contribution in [3.63, 3.8) is 0 Å². The first kappa shape index (κ1) is 20.0. The number of esters is 1. The third kappa shape index (κ3) is 5.84. The van der Waals surface area contributed by atoms with Crippen molar-refractivity contribution in [1.29, 1.82) is 0 Å². The second-order valence-corrected chi connectivity index (χ2v) is 6.68. The molecule has 126 valence electrons. The number of carbonyl (C=O) groups is 1. The van der Waals surface area contributed by atoms with Crippen molar-refractivity contribution in [2.45, 2.75) is 5.91 Å². The summed E-state index contributed by atoms with van der Waals surface area (Å²) in [4.78, 5) is 29.9. The molecule has 0 aliphatic rings. The number of thiophene rings is 1. The molecule has 0 saturated carbocycles. The first-order valence-corrected chi connectivity index (χ1v) is 9.56. The van der Waals surface area contributed by atoms with Crippen molar-refractivity contribution in [3.8, 4) is 0 Å². The van der Waals surface area contributed by atoms with Gasteiger partial charge in [-0.3, -0.25) is 0 Å². The normalized spacial score (nSPS) is 11.7. The molecule has 2 rings (SSSR count). The summed E-state index contributed by atoms with van der Waals surface area (Å²) in [5.41, 5.74) is 0.178. The van der Waals surface area contributed by atoms with Crippen LogP contribution in [0.1, 0.15) is 21.1 Å². The van der Waals surface area contributed by atoms with E-state index in [-0.39, 0.29) is 12.2 Å².